The molecule has 1 fully saturated rings. The molecule has 0 bridgehead atoms. The van der Waals surface area contributed by atoms with E-state index in [4.69, 9.17) is 4.74 Å². The van der Waals surface area contributed by atoms with Crippen LogP contribution in [-0.2, 0) is 16.1 Å². The molecule has 8 nitrogen and oxygen atoms in total. The Hall–Kier alpha value is -3.46. The van der Waals surface area contributed by atoms with Gasteiger partial charge in [-0.2, -0.15) is 5.10 Å². The summed E-state index contributed by atoms with van der Waals surface area (Å²) in [4.78, 5) is 27.9. The highest BCUT2D eigenvalue weighted by Crippen LogP contribution is 2.41. The summed E-state index contributed by atoms with van der Waals surface area (Å²) in [6, 6.07) is 6.43. The van der Waals surface area contributed by atoms with Gasteiger partial charge in [0.05, 0.1) is 16.8 Å². The van der Waals surface area contributed by atoms with Crippen molar-refractivity contribution in [2.75, 3.05) is 18.0 Å². The van der Waals surface area contributed by atoms with E-state index in [0.29, 0.717) is 16.6 Å². The number of piperidine rings is 1. The molecule has 3 aromatic rings. The van der Waals surface area contributed by atoms with Gasteiger partial charge in [-0.1, -0.05) is 26.0 Å². The van der Waals surface area contributed by atoms with Crippen LogP contribution >= 0.6 is 0 Å². The molecule has 1 saturated heterocycles. The van der Waals surface area contributed by atoms with Gasteiger partial charge in [0.15, 0.2) is 11.8 Å². The van der Waals surface area contributed by atoms with Crippen LogP contribution in [0.15, 0.2) is 30.5 Å². The molecule has 3 heterocycles. The SMILES string of the molecule is Cc1cc(CNC(=O)c2cc3c(N4CCC(C)(C)CC4)c([C@H](OC(C)(C)C)C(=O)O)c(C)cn3n2)ccc1F. The van der Waals surface area contributed by atoms with Gasteiger partial charge in [-0.3, -0.25) is 4.79 Å². The molecule has 9 heteroatoms. The number of nitrogens with zero attached hydrogens (tertiary/aromatic N) is 3. The number of fused-ring (bicyclic) bond motifs is 1. The van der Waals surface area contributed by atoms with Gasteiger partial charge in [-0.25, -0.2) is 13.7 Å². The highest BCUT2D eigenvalue weighted by atomic mass is 19.1. The summed E-state index contributed by atoms with van der Waals surface area (Å²) >= 11 is 0. The molecule has 1 atom stereocenters. The van der Waals surface area contributed by atoms with Gasteiger partial charge >= 0.3 is 5.97 Å². The van der Waals surface area contributed by atoms with Crippen molar-refractivity contribution >= 4 is 23.1 Å². The van der Waals surface area contributed by atoms with Gasteiger partial charge in [0.25, 0.3) is 5.91 Å². The van der Waals surface area contributed by atoms with Gasteiger partial charge in [0.2, 0.25) is 0 Å². The fourth-order valence-electron chi connectivity index (χ4n) is 5.03. The molecule has 39 heavy (non-hydrogen) atoms. The molecule has 2 aromatic heterocycles. The van der Waals surface area contributed by atoms with Crippen LogP contribution in [0, 0.1) is 25.1 Å². The minimum Gasteiger partial charge on any atom is -0.479 e. The number of hydrogen-bond acceptors (Lipinski definition) is 5. The second-order valence-electron chi connectivity index (χ2n) is 12.3. The Labute approximate surface area is 229 Å². The summed E-state index contributed by atoms with van der Waals surface area (Å²) in [5.41, 5.74) is 3.70. The number of ether oxygens (including phenoxy) is 1. The first-order chi connectivity index (χ1) is 18.1. The highest BCUT2D eigenvalue weighted by Gasteiger charge is 2.35. The third kappa shape index (κ3) is 6.41. The molecule has 4 rings (SSSR count). The van der Waals surface area contributed by atoms with Crippen LogP contribution in [0.3, 0.4) is 0 Å². The standard InChI is InChI=1S/C30H39FN4O4/c1-18-14-20(8-9-21(18)31)16-32-27(36)22-15-23-25(34-12-10-30(6,7)11-13-34)24(19(2)17-35(23)33-22)26(28(37)38)39-29(3,4)5/h8-9,14-15,17,26H,10-13,16H2,1-7H3,(H,32,36)(H,37,38)/t26-/m0/s1. The molecule has 0 spiro atoms. The van der Waals surface area contributed by atoms with Crippen LogP contribution in [0.2, 0.25) is 0 Å². The zero-order valence-corrected chi connectivity index (χ0v) is 23.9. The number of amides is 1. The van der Waals surface area contributed by atoms with E-state index >= 15 is 0 Å². The number of aliphatic carboxylic acids is 1. The zero-order valence-electron chi connectivity index (χ0n) is 23.9. The van der Waals surface area contributed by atoms with E-state index in [-0.39, 0.29) is 29.4 Å². The van der Waals surface area contributed by atoms with Crippen molar-refractivity contribution in [3.05, 3.63) is 64.2 Å². The fourth-order valence-corrected chi connectivity index (χ4v) is 5.03. The lowest BCUT2D eigenvalue weighted by Gasteiger charge is -2.40. The second kappa shape index (κ2) is 10.6. The number of hydrogen-bond donors (Lipinski definition) is 2. The van der Waals surface area contributed by atoms with Gasteiger partial charge in [-0.15, -0.1) is 0 Å². The van der Waals surface area contributed by atoms with Crippen molar-refractivity contribution in [2.45, 2.75) is 79.6 Å². The first-order valence-electron chi connectivity index (χ1n) is 13.4. The summed E-state index contributed by atoms with van der Waals surface area (Å²) in [6.45, 7) is 15.2. The molecular weight excluding hydrogens is 499 g/mol. The quantitative estimate of drug-likeness (QED) is 0.407. The lowest BCUT2D eigenvalue weighted by atomic mass is 9.82. The topological polar surface area (TPSA) is 96.2 Å². The van der Waals surface area contributed by atoms with E-state index in [1.807, 2.05) is 27.7 Å². The van der Waals surface area contributed by atoms with Gasteiger partial charge in [0.1, 0.15) is 5.82 Å². The number of anilines is 1. The number of benzene rings is 1. The van der Waals surface area contributed by atoms with Crippen molar-refractivity contribution in [2.24, 2.45) is 5.41 Å². The average molecular weight is 539 g/mol. The van der Waals surface area contributed by atoms with E-state index in [0.717, 1.165) is 42.7 Å². The van der Waals surface area contributed by atoms with Crippen LogP contribution < -0.4 is 10.2 Å². The number of carboxylic acid groups (broad SMARTS) is 1. The number of carbonyl (C=O) groups is 2. The molecule has 1 aliphatic heterocycles. The normalized spacial score (nSPS) is 16.4. The number of rotatable bonds is 7. The average Bonchev–Trinajstić information content (AvgIpc) is 3.25. The Morgan fingerprint density at radius 3 is 2.41 bits per heavy atom. The molecule has 0 saturated carbocycles. The van der Waals surface area contributed by atoms with Crippen molar-refractivity contribution in [1.29, 1.82) is 0 Å². The van der Waals surface area contributed by atoms with Crippen LogP contribution in [0.4, 0.5) is 10.1 Å². The van der Waals surface area contributed by atoms with Crippen LogP contribution in [0.5, 0.6) is 0 Å². The maximum Gasteiger partial charge on any atom is 0.337 e. The molecule has 0 unspecified atom stereocenters. The monoisotopic (exact) mass is 538 g/mol. The minimum atomic E-state index is -1.19. The van der Waals surface area contributed by atoms with E-state index in [1.54, 1.807) is 35.8 Å². The number of aromatic nitrogens is 2. The Morgan fingerprint density at radius 1 is 1.15 bits per heavy atom. The molecule has 1 amide bonds. The van der Waals surface area contributed by atoms with E-state index in [2.05, 4.69) is 29.2 Å². The summed E-state index contributed by atoms with van der Waals surface area (Å²) in [7, 11) is 0. The summed E-state index contributed by atoms with van der Waals surface area (Å²) in [5, 5.41) is 17.7. The van der Waals surface area contributed by atoms with Crippen molar-refractivity contribution in [3.63, 3.8) is 0 Å². The molecule has 1 aliphatic rings. The first-order valence-corrected chi connectivity index (χ1v) is 13.4. The molecular formula is C30H39FN4O4. The molecule has 2 N–H and O–H groups in total. The van der Waals surface area contributed by atoms with Gasteiger partial charge in [-0.05, 0) is 81.7 Å². The third-order valence-corrected chi connectivity index (χ3v) is 7.27. The minimum absolute atomic E-state index is 0.189. The first kappa shape index (κ1) is 28.5. The Bertz CT molecular complexity index is 1400. The number of carboxylic acids is 1. The van der Waals surface area contributed by atoms with E-state index in [1.165, 1.54) is 6.07 Å². The van der Waals surface area contributed by atoms with Crippen molar-refractivity contribution in [3.8, 4) is 0 Å². The lowest BCUT2D eigenvalue weighted by Crippen LogP contribution is -2.39. The second-order valence-corrected chi connectivity index (χ2v) is 12.3. The molecule has 0 aliphatic carbocycles. The number of pyridine rings is 1. The number of halogens is 1. The van der Waals surface area contributed by atoms with Crippen LogP contribution in [0.25, 0.3) is 5.52 Å². The highest BCUT2D eigenvalue weighted by molar-refractivity contribution is 5.95. The molecule has 0 radical (unpaired) electrons. The van der Waals surface area contributed by atoms with Gasteiger partial charge in [0, 0.05) is 31.4 Å². The van der Waals surface area contributed by atoms with Gasteiger partial charge < -0.3 is 20.1 Å². The lowest BCUT2D eigenvalue weighted by molar-refractivity contribution is -0.160. The summed E-state index contributed by atoms with van der Waals surface area (Å²) in [5.74, 6) is -1.73. The Morgan fingerprint density at radius 2 is 1.82 bits per heavy atom. The fraction of sp³-hybridized carbons (Fsp3) is 0.500. The smallest absolute Gasteiger partial charge is 0.337 e. The predicted molar refractivity (Wildman–Crippen MR) is 149 cm³/mol. The van der Waals surface area contributed by atoms with Crippen LogP contribution in [0.1, 0.15) is 86.3 Å². The third-order valence-electron chi connectivity index (χ3n) is 7.27. The Balaban J connectivity index is 1.76. The summed E-state index contributed by atoms with van der Waals surface area (Å²) < 4.78 is 21.4. The maximum atomic E-state index is 13.6. The van der Waals surface area contributed by atoms with E-state index < -0.39 is 17.7 Å². The Kier molecular flexibility index (Phi) is 7.76. The molecule has 1 aromatic carbocycles. The number of aryl methyl sites for hydroxylation is 2. The maximum absolute atomic E-state index is 13.6. The van der Waals surface area contributed by atoms with Crippen molar-refractivity contribution < 1.29 is 23.8 Å². The number of nitrogens with one attached hydrogen (secondary N) is 1. The van der Waals surface area contributed by atoms with Crippen molar-refractivity contribution in [1.82, 2.24) is 14.9 Å². The summed E-state index contributed by atoms with van der Waals surface area (Å²) in [6.07, 6.45) is 2.46. The zero-order chi connectivity index (χ0) is 28.7. The van der Waals surface area contributed by atoms with Crippen LogP contribution in [-0.4, -0.2) is 45.3 Å². The largest absolute Gasteiger partial charge is 0.479 e. The predicted octanol–water partition coefficient (Wildman–Crippen LogP) is 5.59. The number of carbonyl (C=O) groups excluding carboxylic acids is 1. The molecule has 210 valence electrons. The van der Waals surface area contributed by atoms with E-state index in [9.17, 15) is 19.1 Å².